The highest BCUT2D eigenvalue weighted by molar-refractivity contribution is 7.92. The van der Waals surface area contributed by atoms with Crippen LogP contribution >= 0.6 is 0 Å². The summed E-state index contributed by atoms with van der Waals surface area (Å²) in [6, 6.07) is 11.3. The Labute approximate surface area is 157 Å². The van der Waals surface area contributed by atoms with Crippen LogP contribution in [0.3, 0.4) is 0 Å². The minimum Gasteiger partial charge on any atom is -0.478 e. The van der Waals surface area contributed by atoms with Crippen molar-refractivity contribution in [3.8, 4) is 5.69 Å². The first kappa shape index (κ1) is 18.7. The number of nitrogens with zero attached hydrogens (tertiary/aromatic N) is 2. The molecule has 3 aromatic rings. The van der Waals surface area contributed by atoms with Gasteiger partial charge in [0.15, 0.2) is 0 Å². The third kappa shape index (κ3) is 3.70. The van der Waals surface area contributed by atoms with E-state index in [2.05, 4.69) is 9.82 Å². The van der Waals surface area contributed by atoms with Gasteiger partial charge in [-0.2, -0.15) is 5.10 Å². The molecule has 1 aromatic heterocycles. The predicted octanol–water partition coefficient (Wildman–Crippen LogP) is 3.30. The third-order valence-corrected chi connectivity index (χ3v) is 5.84. The summed E-state index contributed by atoms with van der Waals surface area (Å²) in [5.74, 6) is -1.18. The lowest BCUT2D eigenvalue weighted by Crippen LogP contribution is -2.16. The Morgan fingerprint density at radius 1 is 1.11 bits per heavy atom. The van der Waals surface area contributed by atoms with Gasteiger partial charge in [-0.1, -0.05) is 6.07 Å². The molecule has 0 fully saturated rings. The molecular weight excluding hydrogens is 366 g/mol. The van der Waals surface area contributed by atoms with E-state index in [-0.39, 0.29) is 10.5 Å². The molecule has 27 heavy (non-hydrogen) atoms. The highest BCUT2D eigenvalue weighted by Gasteiger charge is 2.21. The molecule has 0 unspecified atom stereocenters. The topological polar surface area (TPSA) is 101 Å². The summed E-state index contributed by atoms with van der Waals surface area (Å²) >= 11 is 0. The molecule has 0 aliphatic rings. The molecule has 0 radical (unpaired) electrons. The number of aromatic nitrogens is 2. The fourth-order valence-electron chi connectivity index (χ4n) is 2.78. The summed E-state index contributed by atoms with van der Waals surface area (Å²) in [6.45, 7) is 5.23. The molecule has 2 N–H and O–H groups in total. The monoisotopic (exact) mass is 385 g/mol. The molecule has 0 saturated heterocycles. The Morgan fingerprint density at radius 2 is 1.85 bits per heavy atom. The van der Waals surface area contributed by atoms with E-state index in [0.717, 1.165) is 5.69 Å². The molecular formula is C19H19N3O4S. The maximum Gasteiger partial charge on any atom is 0.335 e. The molecule has 0 spiro atoms. The van der Waals surface area contributed by atoms with E-state index in [0.29, 0.717) is 22.5 Å². The number of rotatable bonds is 5. The van der Waals surface area contributed by atoms with Crippen molar-refractivity contribution >= 4 is 21.7 Å². The maximum absolute atomic E-state index is 12.9. The van der Waals surface area contributed by atoms with Crippen LogP contribution in [0.1, 0.15) is 27.2 Å². The Kier molecular flexibility index (Phi) is 4.75. The number of benzene rings is 2. The average molecular weight is 385 g/mol. The number of carboxylic acids is 1. The molecule has 0 aliphatic heterocycles. The molecule has 140 valence electrons. The van der Waals surface area contributed by atoms with Crippen LogP contribution in [-0.4, -0.2) is 29.3 Å². The molecule has 2 aromatic carbocycles. The van der Waals surface area contributed by atoms with Crippen LogP contribution in [-0.2, 0) is 10.0 Å². The van der Waals surface area contributed by atoms with Crippen molar-refractivity contribution in [1.82, 2.24) is 9.78 Å². The number of nitrogens with one attached hydrogen (secondary N) is 1. The van der Waals surface area contributed by atoms with Gasteiger partial charge in [-0.05, 0) is 68.3 Å². The zero-order chi connectivity index (χ0) is 19.8. The SMILES string of the molecule is Cc1cc(C(=O)O)cc(S(=O)(=O)Nc2cccc(-n3nccc3C)c2)c1C. The number of hydrogen-bond donors (Lipinski definition) is 2. The van der Waals surface area contributed by atoms with Gasteiger partial charge in [-0.15, -0.1) is 0 Å². The average Bonchev–Trinajstić information content (AvgIpc) is 3.02. The van der Waals surface area contributed by atoms with Crippen molar-refractivity contribution in [2.24, 2.45) is 0 Å². The van der Waals surface area contributed by atoms with Crippen LogP contribution < -0.4 is 4.72 Å². The molecule has 0 amide bonds. The summed E-state index contributed by atoms with van der Waals surface area (Å²) in [6.07, 6.45) is 1.66. The van der Waals surface area contributed by atoms with Gasteiger partial charge in [0, 0.05) is 11.9 Å². The Bertz CT molecular complexity index is 1130. The van der Waals surface area contributed by atoms with Gasteiger partial charge >= 0.3 is 5.97 Å². The molecule has 0 atom stereocenters. The van der Waals surface area contributed by atoms with Crippen molar-refractivity contribution in [3.63, 3.8) is 0 Å². The van der Waals surface area contributed by atoms with Crippen molar-refractivity contribution in [1.29, 1.82) is 0 Å². The number of hydrogen-bond acceptors (Lipinski definition) is 4. The highest BCUT2D eigenvalue weighted by atomic mass is 32.2. The van der Waals surface area contributed by atoms with Crippen molar-refractivity contribution in [3.05, 3.63) is 71.0 Å². The first-order chi connectivity index (χ1) is 12.7. The molecule has 0 bridgehead atoms. The van der Waals surface area contributed by atoms with E-state index >= 15 is 0 Å². The number of carbonyl (C=O) groups is 1. The maximum atomic E-state index is 12.9. The first-order valence-electron chi connectivity index (χ1n) is 8.17. The normalized spacial score (nSPS) is 11.4. The van der Waals surface area contributed by atoms with Crippen LogP contribution in [0.25, 0.3) is 5.69 Å². The number of carboxylic acid groups (broad SMARTS) is 1. The van der Waals surface area contributed by atoms with Crippen LogP contribution in [0.4, 0.5) is 5.69 Å². The van der Waals surface area contributed by atoms with Crippen LogP contribution in [0.15, 0.2) is 53.6 Å². The van der Waals surface area contributed by atoms with Gasteiger partial charge in [0.25, 0.3) is 10.0 Å². The van der Waals surface area contributed by atoms with E-state index in [1.807, 2.05) is 19.1 Å². The zero-order valence-electron chi connectivity index (χ0n) is 15.1. The van der Waals surface area contributed by atoms with Gasteiger partial charge in [-0.25, -0.2) is 17.9 Å². The summed E-state index contributed by atoms with van der Waals surface area (Å²) in [7, 11) is -3.96. The van der Waals surface area contributed by atoms with Crippen molar-refractivity contribution in [2.45, 2.75) is 25.7 Å². The third-order valence-electron chi connectivity index (χ3n) is 4.33. The van der Waals surface area contributed by atoms with Crippen LogP contribution in [0.2, 0.25) is 0 Å². The lowest BCUT2D eigenvalue weighted by molar-refractivity contribution is 0.0696. The summed E-state index contributed by atoms with van der Waals surface area (Å²) in [5, 5.41) is 13.4. The van der Waals surface area contributed by atoms with Crippen LogP contribution in [0, 0.1) is 20.8 Å². The van der Waals surface area contributed by atoms with E-state index in [9.17, 15) is 18.3 Å². The molecule has 0 saturated carbocycles. The van der Waals surface area contributed by atoms with Gasteiger partial charge in [-0.3, -0.25) is 4.72 Å². The smallest absolute Gasteiger partial charge is 0.335 e. The molecule has 8 heteroatoms. The van der Waals surface area contributed by atoms with E-state index in [1.54, 1.807) is 42.9 Å². The quantitative estimate of drug-likeness (QED) is 0.702. The predicted molar refractivity (Wildman–Crippen MR) is 102 cm³/mol. The number of aromatic carboxylic acids is 1. The second-order valence-electron chi connectivity index (χ2n) is 6.26. The molecule has 1 heterocycles. The second kappa shape index (κ2) is 6.88. The Morgan fingerprint density at radius 3 is 2.48 bits per heavy atom. The van der Waals surface area contributed by atoms with Gasteiger partial charge < -0.3 is 5.11 Å². The lowest BCUT2D eigenvalue weighted by atomic mass is 10.1. The second-order valence-corrected chi connectivity index (χ2v) is 7.91. The Hall–Kier alpha value is -3.13. The van der Waals surface area contributed by atoms with Gasteiger partial charge in [0.2, 0.25) is 0 Å². The largest absolute Gasteiger partial charge is 0.478 e. The minimum atomic E-state index is -3.96. The first-order valence-corrected chi connectivity index (χ1v) is 9.66. The summed E-state index contributed by atoms with van der Waals surface area (Å²) < 4.78 is 30.0. The van der Waals surface area contributed by atoms with Gasteiger partial charge in [0.1, 0.15) is 0 Å². The minimum absolute atomic E-state index is 0.0550. The zero-order valence-corrected chi connectivity index (χ0v) is 15.9. The highest BCUT2D eigenvalue weighted by Crippen LogP contribution is 2.25. The molecule has 0 aliphatic carbocycles. The van der Waals surface area contributed by atoms with E-state index < -0.39 is 16.0 Å². The fourth-order valence-corrected chi connectivity index (χ4v) is 4.17. The number of anilines is 1. The van der Waals surface area contributed by atoms with E-state index in [1.165, 1.54) is 12.1 Å². The fraction of sp³-hybridized carbons (Fsp3) is 0.158. The summed E-state index contributed by atoms with van der Waals surface area (Å²) in [4.78, 5) is 11.2. The Balaban J connectivity index is 2.01. The lowest BCUT2D eigenvalue weighted by Gasteiger charge is -2.14. The number of sulfonamides is 1. The van der Waals surface area contributed by atoms with Crippen molar-refractivity contribution < 1.29 is 18.3 Å². The molecule has 7 nitrogen and oxygen atoms in total. The number of aryl methyl sites for hydroxylation is 2. The van der Waals surface area contributed by atoms with Gasteiger partial charge in [0.05, 0.1) is 21.8 Å². The summed E-state index contributed by atoms with van der Waals surface area (Å²) in [5.41, 5.74) is 3.02. The van der Waals surface area contributed by atoms with Crippen molar-refractivity contribution in [2.75, 3.05) is 4.72 Å². The van der Waals surface area contributed by atoms with Crippen LogP contribution in [0.5, 0.6) is 0 Å². The standard InChI is InChI=1S/C19H19N3O4S/c1-12-9-15(19(23)24)10-18(14(12)3)27(25,26)21-16-5-4-6-17(11-16)22-13(2)7-8-20-22/h4-11,21H,1-3H3,(H,23,24). The van der Waals surface area contributed by atoms with E-state index in [4.69, 9.17) is 0 Å². The molecule has 3 rings (SSSR count).